The van der Waals surface area contributed by atoms with Gasteiger partial charge in [0, 0.05) is 0 Å². The minimum absolute atomic E-state index is 0. The van der Waals surface area contributed by atoms with Gasteiger partial charge >= 0.3 is 0 Å². The average molecular weight is 152 g/mol. The summed E-state index contributed by atoms with van der Waals surface area (Å²) in [6.45, 7) is 4.20. The van der Waals surface area contributed by atoms with E-state index in [4.69, 9.17) is 4.74 Å². The molecule has 1 saturated heterocycles. The molecular formula is C8H13AlO. The summed E-state index contributed by atoms with van der Waals surface area (Å²) in [4.78, 5) is 0. The predicted molar refractivity (Wildman–Crippen MR) is 46.1 cm³/mol. The van der Waals surface area contributed by atoms with Crippen LogP contribution in [0.4, 0.5) is 0 Å². The van der Waals surface area contributed by atoms with Crippen molar-refractivity contribution in [2.24, 2.45) is 0 Å². The lowest BCUT2D eigenvalue weighted by Gasteiger charge is -2.01. The van der Waals surface area contributed by atoms with E-state index in [0.29, 0.717) is 6.10 Å². The van der Waals surface area contributed by atoms with E-state index in [2.05, 4.69) is 32.1 Å². The van der Waals surface area contributed by atoms with Crippen LogP contribution in [0.25, 0.3) is 0 Å². The first-order chi connectivity index (χ1) is 4.21. The number of hydrogen-bond acceptors (Lipinski definition) is 1. The first-order valence-electron chi connectivity index (χ1n) is 3.26. The zero-order chi connectivity index (χ0) is 6.48. The molecule has 1 aliphatic carbocycles. The van der Waals surface area contributed by atoms with Crippen LogP contribution in [0.3, 0.4) is 0 Å². The molecule has 2 heteroatoms. The van der Waals surface area contributed by atoms with Gasteiger partial charge in [-0.2, -0.15) is 0 Å². The van der Waals surface area contributed by atoms with Crippen LogP contribution in [-0.2, 0) is 4.74 Å². The molecule has 1 nitrogen and oxygen atoms in total. The van der Waals surface area contributed by atoms with Crippen molar-refractivity contribution in [2.75, 3.05) is 0 Å². The van der Waals surface area contributed by atoms with Gasteiger partial charge in [-0.25, -0.2) is 0 Å². The van der Waals surface area contributed by atoms with E-state index in [-0.39, 0.29) is 23.0 Å². The zero-order valence-corrected chi connectivity index (χ0v) is 5.72. The fraction of sp³-hybridized carbons (Fsp3) is 0.500. The van der Waals surface area contributed by atoms with Crippen molar-refractivity contribution in [3.05, 3.63) is 23.8 Å². The lowest BCUT2D eigenvalue weighted by Crippen LogP contribution is -2.06. The highest BCUT2D eigenvalue weighted by atomic mass is 27.0. The van der Waals surface area contributed by atoms with Crippen molar-refractivity contribution in [3.8, 4) is 0 Å². The molecule has 1 heterocycles. The van der Waals surface area contributed by atoms with Crippen molar-refractivity contribution in [1.82, 2.24) is 0 Å². The topological polar surface area (TPSA) is 12.5 Å². The number of allylic oxidation sites excluding steroid dienone is 2. The van der Waals surface area contributed by atoms with Crippen LogP contribution in [0.15, 0.2) is 23.8 Å². The normalized spacial score (nSPS) is 41.4. The van der Waals surface area contributed by atoms with Crippen LogP contribution in [0.1, 0.15) is 13.8 Å². The van der Waals surface area contributed by atoms with Gasteiger partial charge in [-0.05, 0) is 26.0 Å². The van der Waals surface area contributed by atoms with Crippen LogP contribution in [-0.4, -0.2) is 29.1 Å². The van der Waals surface area contributed by atoms with Gasteiger partial charge < -0.3 is 4.74 Å². The Morgan fingerprint density at radius 2 is 2.30 bits per heavy atom. The second kappa shape index (κ2) is 2.24. The minimum atomic E-state index is 0. The molecule has 0 amide bonds. The molecule has 1 fully saturated rings. The molecule has 0 aromatic heterocycles. The first kappa shape index (κ1) is 8.07. The Balaban J connectivity index is 0.000000500. The SMILES string of the molecule is CC1=CC2OC2(C)C=C1.[AlH3]. The average Bonchev–Trinajstić information content (AvgIpc) is 2.41. The highest BCUT2D eigenvalue weighted by Gasteiger charge is 2.49. The summed E-state index contributed by atoms with van der Waals surface area (Å²) in [7, 11) is 0. The third-order valence-corrected chi connectivity index (χ3v) is 1.98. The van der Waals surface area contributed by atoms with Gasteiger partial charge in [-0.15, -0.1) is 0 Å². The zero-order valence-electron chi connectivity index (χ0n) is 5.72. The minimum Gasteiger partial charge on any atom is -0.357 e. The lowest BCUT2D eigenvalue weighted by atomic mass is 9.99. The van der Waals surface area contributed by atoms with Gasteiger partial charge in [0.1, 0.15) is 11.7 Å². The largest absolute Gasteiger partial charge is 0.357 e. The Hall–Kier alpha value is -0.0275. The van der Waals surface area contributed by atoms with Crippen LogP contribution in [0, 0.1) is 0 Å². The van der Waals surface area contributed by atoms with Gasteiger partial charge in [0.05, 0.1) is 0 Å². The van der Waals surface area contributed by atoms with Crippen molar-refractivity contribution < 1.29 is 4.74 Å². The molecule has 2 atom stereocenters. The summed E-state index contributed by atoms with van der Waals surface area (Å²) in [5.41, 5.74) is 1.38. The second-order valence-electron chi connectivity index (χ2n) is 2.97. The van der Waals surface area contributed by atoms with Crippen LogP contribution in [0.5, 0.6) is 0 Å². The number of hydrogen-bond donors (Lipinski definition) is 0. The molecule has 0 spiro atoms. The van der Waals surface area contributed by atoms with Crippen LogP contribution in [0.2, 0.25) is 0 Å². The van der Waals surface area contributed by atoms with Crippen molar-refractivity contribution in [3.63, 3.8) is 0 Å². The van der Waals surface area contributed by atoms with Crippen molar-refractivity contribution in [1.29, 1.82) is 0 Å². The lowest BCUT2D eigenvalue weighted by molar-refractivity contribution is 0.357. The summed E-state index contributed by atoms with van der Waals surface area (Å²) < 4.78 is 5.37. The molecule has 10 heavy (non-hydrogen) atoms. The van der Waals surface area contributed by atoms with Crippen molar-refractivity contribution in [2.45, 2.75) is 25.6 Å². The molecule has 0 saturated carbocycles. The molecule has 0 aromatic carbocycles. The van der Waals surface area contributed by atoms with E-state index in [0.717, 1.165) is 0 Å². The van der Waals surface area contributed by atoms with Gasteiger partial charge in [-0.3, -0.25) is 0 Å². The Bertz CT molecular complexity index is 207. The molecule has 0 N–H and O–H groups in total. The van der Waals surface area contributed by atoms with E-state index < -0.39 is 0 Å². The van der Waals surface area contributed by atoms with E-state index in [1.165, 1.54) is 5.57 Å². The molecule has 0 aromatic rings. The van der Waals surface area contributed by atoms with Crippen LogP contribution >= 0.6 is 0 Å². The Labute approximate surface area is 71.9 Å². The van der Waals surface area contributed by atoms with E-state index in [1.807, 2.05) is 0 Å². The first-order valence-corrected chi connectivity index (χ1v) is 3.26. The molecule has 0 bridgehead atoms. The fourth-order valence-electron chi connectivity index (χ4n) is 1.16. The van der Waals surface area contributed by atoms with E-state index in [1.54, 1.807) is 0 Å². The molecule has 2 aliphatic rings. The summed E-state index contributed by atoms with van der Waals surface area (Å²) in [5.74, 6) is 0. The second-order valence-corrected chi connectivity index (χ2v) is 2.97. The number of ether oxygens (including phenoxy) is 1. The Morgan fingerprint density at radius 3 is 2.80 bits per heavy atom. The number of epoxide rings is 1. The molecule has 2 unspecified atom stereocenters. The molecule has 0 radical (unpaired) electrons. The van der Waals surface area contributed by atoms with E-state index in [9.17, 15) is 0 Å². The van der Waals surface area contributed by atoms with Crippen LogP contribution < -0.4 is 0 Å². The van der Waals surface area contributed by atoms with Gasteiger partial charge in [-0.1, -0.05) is 11.6 Å². The standard InChI is InChI=1S/C8H10O.Al.3H/c1-6-3-4-8(2)7(5-6)9-8;;;;/h3-5,7H,1-2H3;;;;. The molecule has 2 rings (SSSR count). The third-order valence-electron chi connectivity index (χ3n) is 1.98. The van der Waals surface area contributed by atoms with Crippen molar-refractivity contribution >= 4 is 17.4 Å². The number of rotatable bonds is 0. The highest BCUT2D eigenvalue weighted by molar-refractivity contribution is 5.75. The Morgan fingerprint density at radius 1 is 1.60 bits per heavy atom. The van der Waals surface area contributed by atoms with Gasteiger partial charge in [0.2, 0.25) is 0 Å². The number of fused-ring (bicyclic) bond motifs is 1. The summed E-state index contributed by atoms with van der Waals surface area (Å²) >= 11 is 0. The van der Waals surface area contributed by atoms with Gasteiger partial charge in [0.15, 0.2) is 17.4 Å². The summed E-state index contributed by atoms with van der Waals surface area (Å²) in [5, 5.41) is 0. The smallest absolute Gasteiger partial charge is 0.187 e. The predicted octanol–water partition coefficient (Wildman–Crippen LogP) is 0.476. The van der Waals surface area contributed by atoms with Gasteiger partial charge in [0.25, 0.3) is 0 Å². The molecule has 1 aliphatic heterocycles. The molecular weight excluding hydrogens is 139 g/mol. The monoisotopic (exact) mass is 152 g/mol. The maximum absolute atomic E-state index is 5.37. The Kier molecular flexibility index (Phi) is 1.80. The third kappa shape index (κ3) is 1.08. The fourth-order valence-corrected chi connectivity index (χ4v) is 1.16. The van der Waals surface area contributed by atoms with E-state index >= 15 is 0 Å². The summed E-state index contributed by atoms with van der Waals surface area (Å²) in [6, 6.07) is 0. The molecule has 54 valence electrons. The maximum atomic E-state index is 5.37. The highest BCUT2D eigenvalue weighted by Crippen LogP contribution is 2.41. The maximum Gasteiger partial charge on any atom is 0.187 e. The quantitative estimate of drug-likeness (QED) is 0.363. The summed E-state index contributed by atoms with van der Waals surface area (Å²) in [6.07, 6.45) is 6.79.